The molecular formula is C27H25N7O. The van der Waals surface area contributed by atoms with Crippen molar-refractivity contribution in [2.75, 3.05) is 0 Å². The van der Waals surface area contributed by atoms with Crippen LogP contribution >= 0.6 is 0 Å². The summed E-state index contributed by atoms with van der Waals surface area (Å²) < 4.78 is 3.62. The third kappa shape index (κ3) is 4.30. The lowest BCUT2D eigenvalue weighted by Crippen LogP contribution is -2.23. The van der Waals surface area contributed by atoms with E-state index < -0.39 is 0 Å². The first-order valence-corrected chi connectivity index (χ1v) is 11.8. The molecule has 0 unspecified atom stereocenters. The normalized spacial score (nSPS) is 13.3. The van der Waals surface area contributed by atoms with E-state index in [0.717, 1.165) is 40.7 Å². The van der Waals surface area contributed by atoms with Crippen molar-refractivity contribution in [3.8, 4) is 5.82 Å². The maximum absolute atomic E-state index is 13.5. The van der Waals surface area contributed by atoms with Crippen LogP contribution in [0.25, 0.3) is 16.9 Å². The molecule has 6 rings (SSSR count). The van der Waals surface area contributed by atoms with Gasteiger partial charge in [0.2, 0.25) is 0 Å². The molecule has 35 heavy (non-hydrogen) atoms. The van der Waals surface area contributed by atoms with Gasteiger partial charge in [-0.15, -0.1) is 0 Å². The van der Waals surface area contributed by atoms with Gasteiger partial charge >= 0.3 is 0 Å². The zero-order chi connectivity index (χ0) is 23.8. The molecule has 0 saturated heterocycles. The van der Waals surface area contributed by atoms with Gasteiger partial charge in [0.25, 0.3) is 5.91 Å². The van der Waals surface area contributed by atoms with E-state index in [1.165, 1.54) is 0 Å². The van der Waals surface area contributed by atoms with Crippen molar-refractivity contribution in [1.82, 2.24) is 34.8 Å². The van der Waals surface area contributed by atoms with Crippen LogP contribution in [0, 0.1) is 6.92 Å². The van der Waals surface area contributed by atoms with Gasteiger partial charge in [0, 0.05) is 36.7 Å². The van der Waals surface area contributed by atoms with Gasteiger partial charge in [0.05, 0.1) is 23.2 Å². The predicted octanol–water partition coefficient (Wildman–Crippen LogP) is 4.18. The fourth-order valence-corrected chi connectivity index (χ4v) is 4.41. The summed E-state index contributed by atoms with van der Waals surface area (Å²) in [4.78, 5) is 22.8. The smallest absolute Gasteiger partial charge is 0.252 e. The molecule has 1 N–H and O–H groups in total. The quantitative estimate of drug-likeness (QED) is 0.391. The minimum absolute atomic E-state index is 0.125. The van der Waals surface area contributed by atoms with Crippen molar-refractivity contribution < 1.29 is 4.79 Å². The van der Waals surface area contributed by atoms with E-state index in [9.17, 15) is 4.79 Å². The van der Waals surface area contributed by atoms with Crippen molar-refractivity contribution in [2.45, 2.75) is 38.8 Å². The molecule has 0 bridgehead atoms. The number of hydrogen-bond donors (Lipinski definition) is 1. The molecule has 4 aromatic heterocycles. The number of carbonyl (C=O) groups excluding carboxylic acids is 1. The number of aromatic nitrogens is 6. The number of hydrogen-bond acceptors (Lipinski definition) is 5. The molecule has 0 spiro atoms. The van der Waals surface area contributed by atoms with E-state index >= 15 is 0 Å². The van der Waals surface area contributed by atoms with Crippen LogP contribution in [0.2, 0.25) is 0 Å². The minimum Gasteiger partial charge on any atom is -0.348 e. The second-order valence-corrected chi connectivity index (χ2v) is 8.96. The van der Waals surface area contributed by atoms with Gasteiger partial charge in [0.1, 0.15) is 0 Å². The molecule has 1 saturated carbocycles. The van der Waals surface area contributed by atoms with Crippen LogP contribution < -0.4 is 5.32 Å². The molecule has 1 aromatic carbocycles. The van der Waals surface area contributed by atoms with Gasteiger partial charge in [-0.1, -0.05) is 30.3 Å². The average molecular weight is 464 g/mol. The van der Waals surface area contributed by atoms with Gasteiger partial charge in [-0.3, -0.25) is 9.48 Å². The average Bonchev–Trinajstić information content (AvgIpc) is 3.52. The van der Waals surface area contributed by atoms with Crippen molar-refractivity contribution in [1.29, 1.82) is 0 Å². The fraction of sp³-hybridized carbons (Fsp3) is 0.222. The second-order valence-electron chi connectivity index (χ2n) is 8.96. The maximum atomic E-state index is 13.5. The van der Waals surface area contributed by atoms with Crippen LogP contribution in [0.5, 0.6) is 0 Å². The van der Waals surface area contributed by atoms with Gasteiger partial charge in [-0.05, 0) is 55.2 Å². The number of benzene rings is 1. The molecule has 8 heteroatoms. The summed E-state index contributed by atoms with van der Waals surface area (Å²) in [5.74, 6) is 0.962. The Bertz CT molecular complexity index is 1500. The number of rotatable bonds is 7. The second kappa shape index (κ2) is 8.79. The lowest BCUT2D eigenvalue weighted by molar-refractivity contribution is 0.0952. The zero-order valence-corrected chi connectivity index (χ0v) is 19.4. The molecule has 1 aliphatic carbocycles. The van der Waals surface area contributed by atoms with E-state index in [1.807, 2.05) is 60.3 Å². The molecule has 4 heterocycles. The van der Waals surface area contributed by atoms with Gasteiger partial charge in [0.15, 0.2) is 11.5 Å². The number of amides is 1. The predicted molar refractivity (Wildman–Crippen MR) is 132 cm³/mol. The first-order chi connectivity index (χ1) is 17.2. The third-order valence-corrected chi connectivity index (χ3v) is 6.29. The SMILES string of the molecule is Cc1nn(-c2ccccn2)c2nc(C3CC3)cc(C(=O)NCc3cccc(Cn4cccn4)c3)c12. The zero-order valence-electron chi connectivity index (χ0n) is 19.4. The Labute approximate surface area is 202 Å². The lowest BCUT2D eigenvalue weighted by atomic mass is 10.1. The van der Waals surface area contributed by atoms with E-state index in [-0.39, 0.29) is 5.91 Å². The molecule has 8 nitrogen and oxygen atoms in total. The number of aryl methyl sites for hydroxylation is 1. The first-order valence-electron chi connectivity index (χ1n) is 11.8. The lowest BCUT2D eigenvalue weighted by Gasteiger charge is -2.10. The molecule has 1 aliphatic rings. The highest BCUT2D eigenvalue weighted by molar-refractivity contribution is 6.06. The summed E-state index contributed by atoms with van der Waals surface area (Å²) in [6.07, 6.45) is 7.64. The van der Waals surface area contributed by atoms with Crippen molar-refractivity contribution in [3.05, 3.63) is 101 Å². The summed E-state index contributed by atoms with van der Waals surface area (Å²) in [5, 5.41) is 12.8. The third-order valence-electron chi connectivity index (χ3n) is 6.29. The largest absolute Gasteiger partial charge is 0.348 e. The van der Waals surface area contributed by atoms with Gasteiger partial charge in [-0.2, -0.15) is 14.9 Å². The number of nitrogens with one attached hydrogen (secondary N) is 1. The van der Waals surface area contributed by atoms with Crippen LogP contribution in [0.4, 0.5) is 0 Å². The van der Waals surface area contributed by atoms with Crippen LogP contribution in [-0.2, 0) is 13.1 Å². The summed E-state index contributed by atoms with van der Waals surface area (Å²) in [6, 6.07) is 17.7. The summed E-state index contributed by atoms with van der Waals surface area (Å²) in [7, 11) is 0. The maximum Gasteiger partial charge on any atom is 0.252 e. The van der Waals surface area contributed by atoms with E-state index in [1.54, 1.807) is 17.1 Å². The fourth-order valence-electron chi connectivity index (χ4n) is 4.41. The van der Waals surface area contributed by atoms with Crippen LogP contribution in [0.15, 0.2) is 73.2 Å². The molecule has 0 aliphatic heterocycles. The highest BCUT2D eigenvalue weighted by Gasteiger charge is 2.29. The molecule has 0 radical (unpaired) electrons. The molecule has 0 atom stereocenters. The molecule has 5 aromatic rings. The molecule has 174 valence electrons. The van der Waals surface area contributed by atoms with Crippen LogP contribution in [0.1, 0.15) is 51.6 Å². The van der Waals surface area contributed by atoms with Gasteiger partial charge < -0.3 is 5.32 Å². The Kier molecular flexibility index (Phi) is 5.33. The number of carbonyl (C=O) groups is 1. The van der Waals surface area contributed by atoms with Crippen LogP contribution in [0.3, 0.4) is 0 Å². The molecular weight excluding hydrogens is 438 g/mol. The Balaban J connectivity index is 1.30. The topological polar surface area (TPSA) is 90.5 Å². The molecule has 1 amide bonds. The highest BCUT2D eigenvalue weighted by atomic mass is 16.1. The van der Waals surface area contributed by atoms with E-state index in [0.29, 0.717) is 36.0 Å². The van der Waals surface area contributed by atoms with Gasteiger partial charge in [-0.25, -0.2) is 9.97 Å². The Morgan fingerprint density at radius 2 is 1.94 bits per heavy atom. The van der Waals surface area contributed by atoms with E-state index in [4.69, 9.17) is 10.1 Å². The Morgan fingerprint density at radius 1 is 1.06 bits per heavy atom. The first kappa shape index (κ1) is 21.2. The minimum atomic E-state index is -0.125. The summed E-state index contributed by atoms with van der Waals surface area (Å²) >= 11 is 0. The number of nitrogens with zero attached hydrogens (tertiary/aromatic N) is 6. The summed E-state index contributed by atoms with van der Waals surface area (Å²) in [6.45, 7) is 3.04. The monoisotopic (exact) mass is 463 g/mol. The number of fused-ring (bicyclic) bond motifs is 1. The van der Waals surface area contributed by atoms with Crippen molar-refractivity contribution in [2.24, 2.45) is 0 Å². The summed E-state index contributed by atoms with van der Waals surface area (Å²) in [5.41, 5.74) is 5.17. The van der Waals surface area contributed by atoms with Crippen molar-refractivity contribution in [3.63, 3.8) is 0 Å². The standard InChI is InChI=1S/C27H25N7O/c1-18-25-22(27(35)29-16-19-6-4-7-20(14-19)17-33-13-5-12-30-33)15-23(21-9-10-21)31-26(25)34(32-18)24-8-2-3-11-28-24/h2-8,11-15,21H,9-10,16-17H2,1H3,(H,29,35). The Hall–Kier alpha value is -4.33. The Morgan fingerprint density at radius 3 is 2.71 bits per heavy atom. The number of pyridine rings is 2. The van der Waals surface area contributed by atoms with Crippen LogP contribution in [-0.4, -0.2) is 35.4 Å². The van der Waals surface area contributed by atoms with Crippen molar-refractivity contribution >= 4 is 16.9 Å². The highest BCUT2D eigenvalue weighted by Crippen LogP contribution is 2.40. The van der Waals surface area contributed by atoms with E-state index in [2.05, 4.69) is 27.5 Å². The molecule has 1 fully saturated rings.